The molecular weight excluding hydrogens is 375 g/mol. The molecule has 27 heavy (non-hydrogen) atoms. The number of nitrogens with one attached hydrogen (secondary N) is 2. The summed E-state index contributed by atoms with van der Waals surface area (Å²) in [6.45, 7) is 0.930. The number of likely N-dealkylation sites (tertiary alicyclic amines) is 1. The van der Waals surface area contributed by atoms with Crippen molar-refractivity contribution in [1.82, 2.24) is 9.88 Å². The van der Waals surface area contributed by atoms with E-state index in [9.17, 15) is 14.0 Å². The fourth-order valence-corrected chi connectivity index (χ4v) is 3.12. The quantitative estimate of drug-likeness (QED) is 0.737. The van der Waals surface area contributed by atoms with Crippen molar-refractivity contribution in [2.24, 2.45) is 0 Å². The van der Waals surface area contributed by atoms with E-state index in [1.807, 2.05) is 0 Å². The van der Waals surface area contributed by atoms with Crippen LogP contribution < -0.4 is 10.6 Å². The average molecular weight is 393 g/mol. The van der Waals surface area contributed by atoms with Crippen LogP contribution in [-0.4, -0.2) is 46.1 Å². The van der Waals surface area contributed by atoms with Crippen LogP contribution in [-0.2, 0) is 0 Å². The van der Waals surface area contributed by atoms with Gasteiger partial charge in [-0.05, 0) is 43.2 Å². The number of pyridine rings is 1. The molecule has 1 aromatic carbocycles. The third kappa shape index (κ3) is 4.85. The molecule has 2 aromatic rings. The standard InChI is InChI=1S/C18H18ClFN4O3/c19-14-10-11(20)4-5-13(14)17(25)23-16-3-1-2-15(22-16)21-12-6-8-24(9-7-12)18(26)27/h1-5,10,12H,6-9H2,(H,26,27)(H2,21,22,23,25). The molecule has 0 atom stereocenters. The predicted octanol–water partition coefficient (Wildman–Crippen LogP) is 3.68. The van der Waals surface area contributed by atoms with E-state index in [0.29, 0.717) is 37.6 Å². The third-order valence-electron chi connectivity index (χ3n) is 4.28. The van der Waals surface area contributed by atoms with E-state index in [1.165, 1.54) is 11.0 Å². The molecule has 1 saturated heterocycles. The van der Waals surface area contributed by atoms with Gasteiger partial charge in [-0.1, -0.05) is 17.7 Å². The third-order valence-corrected chi connectivity index (χ3v) is 4.60. The predicted molar refractivity (Wildman–Crippen MR) is 99.8 cm³/mol. The van der Waals surface area contributed by atoms with Gasteiger partial charge in [-0.3, -0.25) is 4.79 Å². The summed E-state index contributed by atoms with van der Waals surface area (Å²) in [4.78, 5) is 29.0. The average Bonchev–Trinajstić information content (AvgIpc) is 2.62. The van der Waals surface area contributed by atoms with Gasteiger partial charge < -0.3 is 20.6 Å². The van der Waals surface area contributed by atoms with Crippen LogP contribution in [0.4, 0.5) is 20.8 Å². The second-order valence-corrected chi connectivity index (χ2v) is 6.58. The van der Waals surface area contributed by atoms with Crippen molar-refractivity contribution in [2.75, 3.05) is 23.7 Å². The zero-order valence-corrected chi connectivity index (χ0v) is 15.0. The maximum Gasteiger partial charge on any atom is 0.407 e. The zero-order chi connectivity index (χ0) is 19.4. The van der Waals surface area contributed by atoms with E-state index in [1.54, 1.807) is 18.2 Å². The highest BCUT2D eigenvalue weighted by Crippen LogP contribution is 2.20. The van der Waals surface area contributed by atoms with Crippen LogP contribution in [0.1, 0.15) is 23.2 Å². The number of aromatic nitrogens is 1. The van der Waals surface area contributed by atoms with Gasteiger partial charge in [0.05, 0.1) is 10.6 Å². The topological polar surface area (TPSA) is 94.6 Å². The Balaban J connectivity index is 1.62. The summed E-state index contributed by atoms with van der Waals surface area (Å²) in [5.41, 5.74) is 0.152. The number of anilines is 2. The molecule has 0 radical (unpaired) electrons. The van der Waals surface area contributed by atoms with Crippen molar-refractivity contribution in [3.05, 3.63) is 52.8 Å². The molecular formula is C18H18ClFN4O3. The van der Waals surface area contributed by atoms with Crippen LogP contribution >= 0.6 is 11.6 Å². The lowest BCUT2D eigenvalue weighted by molar-refractivity contribution is 0.102. The second kappa shape index (κ2) is 8.22. The number of hydrogen-bond acceptors (Lipinski definition) is 4. The SMILES string of the molecule is O=C(Nc1cccc(NC2CCN(C(=O)O)CC2)n1)c1ccc(F)cc1Cl. The van der Waals surface area contributed by atoms with Crippen molar-refractivity contribution >= 4 is 35.2 Å². The molecule has 0 bridgehead atoms. The van der Waals surface area contributed by atoms with Crippen LogP contribution in [0, 0.1) is 5.82 Å². The molecule has 0 spiro atoms. The van der Waals surface area contributed by atoms with E-state index in [2.05, 4.69) is 15.6 Å². The summed E-state index contributed by atoms with van der Waals surface area (Å²) in [7, 11) is 0. The number of carbonyl (C=O) groups is 2. The van der Waals surface area contributed by atoms with Gasteiger partial charge in [-0.2, -0.15) is 0 Å². The Morgan fingerprint density at radius 2 is 1.89 bits per heavy atom. The Morgan fingerprint density at radius 1 is 1.19 bits per heavy atom. The van der Waals surface area contributed by atoms with Crippen LogP contribution in [0.5, 0.6) is 0 Å². The Labute approximate surface area is 160 Å². The minimum Gasteiger partial charge on any atom is -0.465 e. The molecule has 3 rings (SSSR count). The van der Waals surface area contributed by atoms with Gasteiger partial charge in [-0.25, -0.2) is 14.2 Å². The molecule has 2 heterocycles. The van der Waals surface area contributed by atoms with Gasteiger partial charge in [0.1, 0.15) is 17.5 Å². The van der Waals surface area contributed by atoms with Crippen LogP contribution in [0.2, 0.25) is 5.02 Å². The summed E-state index contributed by atoms with van der Waals surface area (Å²) in [5, 5.41) is 14.9. The number of carboxylic acid groups (broad SMARTS) is 1. The van der Waals surface area contributed by atoms with Crippen molar-refractivity contribution < 1.29 is 19.1 Å². The largest absolute Gasteiger partial charge is 0.465 e. The van der Waals surface area contributed by atoms with Gasteiger partial charge in [0.15, 0.2) is 0 Å². The molecule has 0 unspecified atom stereocenters. The van der Waals surface area contributed by atoms with Crippen LogP contribution in [0.3, 0.4) is 0 Å². The molecule has 1 aliphatic heterocycles. The lowest BCUT2D eigenvalue weighted by atomic mass is 10.1. The second-order valence-electron chi connectivity index (χ2n) is 6.17. The molecule has 1 aliphatic rings. The summed E-state index contributed by atoms with van der Waals surface area (Å²) < 4.78 is 13.1. The van der Waals surface area contributed by atoms with Crippen molar-refractivity contribution in [2.45, 2.75) is 18.9 Å². The van der Waals surface area contributed by atoms with E-state index < -0.39 is 17.8 Å². The van der Waals surface area contributed by atoms with Gasteiger partial charge in [0.25, 0.3) is 5.91 Å². The van der Waals surface area contributed by atoms with E-state index in [4.69, 9.17) is 16.7 Å². The van der Waals surface area contributed by atoms with Gasteiger partial charge in [0.2, 0.25) is 0 Å². The number of carbonyl (C=O) groups excluding carboxylic acids is 1. The number of halogens is 2. The Hall–Kier alpha value is -2.87. The van der Waals surface area contributed by atoms with Crippen molar-refractivity contribution in [3.63, 3.8) is 0 Å². The van der Waals surface area contributed by atoms with Crippen molar-refractivity contribution in [3.8, 4) is 0 Å². The zero-order valence-electron chi connectivity index (χ0n) is 14.3. The number of nitrogens with zero attached hydrogens (tertiary/aromatic N) is 2. The Kier molecular flexibility index (Phi) is 5.75. The lowest BCUT2D eigenvalue weighted by Crippen LogP contribution is -2.41. The first-order valence-corrected chi connectivity index (χ1v) is 8.78. The number of rotatable bonds is 4. The Morgan fingerprint density at radius 3 is 2.56 bits per heavy atom. The molecule has 0 saturated carbocycles. The summed E-state index contributed by atoms with van der Waals surface area (Å²) in [5.74, 6) is -0.102. The normalized spacial score (nSPS) is 14.7. The number of piperidine rings is 1. The highest BCUT2D eigenvalue weighted by Gasteiger charge is 2.22. The first-order chi connectivity index (χ1) is 12.9. The van der Waals surface area contributed by atoms with Crippen LogP contribution in [0.25, 0.3) is 0 Å². The molecule has 9 heteroatoms. The molecule has 142 valence electrons. The molecule has 1 fully saturated rings. The molecule has 7 nitrogen and oxygen atoms in total. The summed E-state index contributed by atoms with van der Waals surface area (Å²) >= 11 is 5.91. The number of amides is 2. The summed E-state index contributed by atoms with van der Waals surface area (Å²) in [6, 6.07) is 8.79. The smallest absolute Gasteiger partial charge is 0.407 e. The highest BCUT2D eigenvalue weighted by molar-refractivity contribution is 6.34. The maximum absolute atomic E-state index is 13.1. The fourth-order valence-electron chi connectivity index (χ4n) is 2.87. The minimum absolute atomic E-state index is 0.0203. The lowest BCUT2D eigenvalue weighted by Gasteiger charge is -2.30. The number of benzene rings is 1. The Bertz CT molecular complexity index is 856. The maximum atomic E-state index is 13.1. The van der Waals surface area contributed by atoms with Gasteiger partial charge >= 0.3 is 6.09 Å². The van der Waals surface area contributed by atoms with E-state index >= 15 is 0 Å². The first kappa shape index (κ1) is 18.9. The molecule has 0 aliphatic carbocycles. The van der Waals surface area contributed by atoms with Crippen LogP contribution in [0.15, 0.2) is 36.4 Å². The highest BCUT2D eigenvalue weighted by atomic mass is 35.5. The van der Waals surface area contributed by atoms with E-state index in [-0.39, 0.29) is 16.6 Å². The van der Waals surface area contributed by atoms with Crippen molar-refractivity contribution in [1.29, 1.82) is 0 Å². The number of hydrogen-bond donors (Lipinski definition) is 3. The monoisotopic (exact) mass is 392 g/mol. The van der Waals surface area contributed by atoms with E-state index in [0.717, 1.165) is 12.1 Å². The molecule has 2 amide bonds. The molecule has 3 N–H and O–H groups in total. The minimum atomic E-state index is -0.907. The molecule has 1 aromatic heterocycles. The first-order valence-electron chi connectivity index (χ1n) is 8.40. The van der Waals surface area contributed by atoms with Gasteiger partial charge in [-0.15, -0.1) is 0 Å². The van der Waals surface area contributed by atoms with Gasteiger partial charge in [0, 0.05) is 19.1 Å². The fraction of sp³-hybridized carbons (Fsp3) is 0.278. The summed E-state index contributed by atoms with van der Waals surface area (Å²) in [6.07, 6.45) is 0.446.